The molecule has 3 aromatic heterocycles. The van der Waals surface area contributed by atoms with E-state index in [1.807, 2.05) is 74.4 Å². The van der Waals surface area contributed by atoms with Gasteiger partial charge in [-0.3, -0.25) is 9.59 Å². The summed E-state index contributed by atoms with van der Waals surface area (Å²) in [5.41, 5.74) is 17.3. The molecule has 3 heterocycles. The highest BCUT2D eigenvalue weighted by atomic mass is 79.9. The van der Waals surface area contributed by atoms with E-state index in [-0.39, 0.29) is 40.2 Å². The van der Waals surface area contributed by atoms with Crippen molar-refractivity contribution in [3.05, 3.63) is 99.4 Å². The van der Waals surface area contributed by atoms with Gasteiger partial charge in [0, 0.05) is 70.6 Å². The molecule has 9 radical (unpaired) electrons. The molecule has 0 saturated heterocycles. The summed E-state index contributed by atoms with van der Waals surface area (Å²) in [6.45, 7) is 27.8. The lowest BCUT2D eigenvalue weighted by Gasteiger charge is -2.05. The van der Waals surface area contributed by atoms with Gasteiger partial charge in [-0.05, 0) is 185 Å². The van der Waals surface area contributed by atoms with Crippen LogP contribution in [0.4, 0.5) is 0 Å². The molecule has 3 N–H and O–H groups in total. The Morgan fingerprint density at radius 2 is 1.06 bits per heavy atom. The molecule has 63 heavy (non-hydrogen) atoms. The van der Waals surface area contributed by atoms with Crippen molar-refractivity contribution in [1.82, 2.24) is 4.90 Å². The maximum Gasteiger partial charge on any atom is 0.345 e. The average molecular weight is 1300 g/mol. The standard InChI is InChI=1S/C7H6Br2OS.C7H4.C6H4Br2OS.C5H2Br2O2S.C5H14N2.4C2H6.3CH4.B7/c1-2-5(10)6-3-4(8)7(9)11-6;1-3-5-7-6-4-2;1-3(9)5-2-4(7)6(8)10-5;6-2-1-3(5(8)9)10-4(2)7;1-7(2)5-3-4-6;4*1-2;;;;1-5-7(4)6(2)3/h3H,2H2,1H3;1-2H2;2H,1H3;1H,(H,8,9);3-6H2,1-2H3;4*1-2H3;3*1H4;. The molecular formula is C41H66B7Br6N2O4S3. The molecule has 0 aliphatic heterocycles. The fourth-order valence-electron chi connectivity index (χ4n) is 2.29. The molecule has 3 aromatic rings. The summed E-state index contributed by atoms with van der Waals surface area (Å²) < 4.78 is 5.45. The fourth-order valence-corrected chi connectivity index (χ4v) is 8.14. The highest BCUT2D eigenvalue weighted by molar-refractivity contribution is 9.14. The minimum atomic E-state index is -0.892. The fraction of sp³-hybridized carbons (Fsp3) is 0.463. The molecule has 0 aliphatic carbocycles. The van der Waals surface area contributed by atoms with Crippen molar-refractivity contribution >= 4 is 198 Å². The van der Waals surface area contributed by atoms with Gasteiger partial charge in [0.25, 0.3) is 0 Å². The third-order valence-electron chi connectivity index (χ3n) is 4.87. The van der Waals surface area contributed by atoms with E-state index < -0.39 is 12.4 Å². The zero-order chi connectivity index (χ0) is 49.0. The van der Waals surface area contributed by atoms with Crippen LogP contribution in [0.5, 0.6) is 0 Å². The summed E-state index contributed by atoms with van der Waals surface area (Å²) in [6, 6.07) is 5.23. The normalized spacial score (nSPS) is 7.62. The number of thiophene rings is 3. The minimum Gasteiger partial charge on any atom is -0.477 e. The average Bonchev–Trinajstić information content (AvgIpc) is 3.90. The molecule has 0 atom stereocenters. The van der Waals surface area contributed by atoms with Crippen molar-refractivity contribution in [1.29, 1.82) is 0 Å². The molecule has 3 rings (SSSR count). The summed E-state index contributed by atoms with van der Waals surface area (Å²) in [4.78, 5) is 36.3. The quantitative estimate of drug-likeness (QED) is 0.126. The van der Waals surface area contributed by atoms with E-state index in [0.717, 1.165) is 54.0 Å². The van der Waals surface area contributed by atoms with Crippen molar-refractivity contribution in [2.24, 2.45) is 5.73 Å². The van der Waals surface area contributed by atoms with Gasteiger partial charge >= 0.3 is 5.97 Å². The predicted octanol–water partition coefficient (Wildman–Crippen LogP) is 15.1. The summed E-state index contributed by atoms with van der Waals surface area (Å²) in [5, 5.41) is 8.49. The maximum absolute atomic E-state index is 11.1. The van der Waals surface area contributed by atoms with Gasteiger partial charge in [0.2, 0.25) is 0 Å². The van der Waals surface area contributed by atoms with Crippen LogP contribution in [0, 0.1) is 0 Å². The summed E-state index contributed by atoms with van der Waals surface area (Å²) >= 11 is 23.7. The molecule has 0 unspecified atom stereocenters. The molecule has 0 aromatic carbocycles. The second-order valence-corrected chi connectivity index (χ2v) is 19.0. The smallest absolute Gasteiger partial charge is 0.345 e. The number of carboxylic acid groups (broad SMARTS) is 1. The van der Waals surface area contributed by atoms with E-state index in [1.54, 1.807) is 13.0 Å². The van der Waals surface area contributed by atoms with Gasteiger partial charge < -0.3 is 15.7 Å². The first-order chi connectivity index (χ1) is 28.2. The number of Topliss-reactive ketones (excluding diaryl/α,β-unsaturated/α-hetero) is 2. The van der Waals surface area contributed by atoms with Crippen molar-refractivity contribution in [3.63, 3.8) is 0 Å². The lowest BCUT2D eigenvalue weighted by molar-refractivity contribution is 0.0701. The number of aromatic carboxylic acids is 1. The van der Waals surface area contributed by atoms with Crippen molar-refractivity contribution in [2.45, 2.75) is 104 Å². The van der Waals surface area contributed by atoms with Gasteiger partial charge in [-0.25, -0.2) is 4.79 Å². The third kappa shape index (κ3) is 54.3. The van der Waals surface area contributed by atoms with Gasteiger partial charge in [0.05, 0.1) is 21.1 Å². The number of hydrogen-bond acceptors (Lipinski definition) is 8. The largest absolute Gasteiger partial charge is 0.477 e. The Morgan fingerprint density at radius 1 is 0.730 bits per heavy atom. The van der Waals surface area contributed by atoms with Crippen LogP contribution in [0.25, 0.3) is 0 Å². The molecule has 0 spiro atoms. The molecule has 0 aliphatic rings. The van der Waals surface area contributed by atoms with E-state index in [9.17, 15) is 14.4 Å². The van der Waals surface area contributed by atoms with Gasteiger partial charge in [-0.15, -0.1) is 34.0 Å². The number of hydrogen-bond donors (Lipinski definition) is 2. The molecule has 6 nitrogen and oxygen atoms in total. The number of carboxylic acids is 1. The molecule has 0 bridgehead atoms. The first kappa shape index (κ1) is 86.0. The number of carbonyl (C=O) groups is 3. The number of carbonyl (C=O) groups excluding carboxylic acids is 2. The number of nitrogens with two attached hydrogens (primary N) is 1. The van der Waals surface area contributed by atoms with Gasteiger partial charge in [-0.1, -0.05) is 96.1 Å². The Hall–Kier alpha value is -0.195. The van der Waals surface area contributed by atoms with Gasteiger partial charge in [-0.2, -0.15) is 0 Å². The van der Waals surface area contributed by atoms with Gasteiger partial charge in [0.1, 0.15) is 4.88 Å². The highest BCUT2D eigenvalue weighted by Crippen LogP contribution is 2.34. The Balaban J connectivity index is -0.0000000647. The topological polar surface area (TPSA) is 101 Å². The van der Waals surface area contributed by atoms with Crippen LogP contribution in [-0.4, -0.2) is 106 Å². The Bertz CT molecular complexity index is 1600. The van der Waals surface area contributed by atoms with E-state index in [4.69, 9.17) is 41.8 Å². The Morgan fingerprint density at radius 3 is 1.21 bits per heavy atom. The number of nitrogens with zero attached hydrogens (tertiary/aromatic N) is 1. The molecule has 22 heteroatoms. The molecule has 0 fully saturated rings. The monoisotopic (exact) mass is 1300 g/mol. The maximum atomic E-state index is 11.1. The van der Waals surface area contributed by atoms with Crippen LogP contribution >= 0.6 is 130 Å². The Kier molecular flexibility index (Phi) is 84.4. The molecule has 345 valence electrons. The van der Waals surface area contributed by atoms with Gasteiger partial charge in [0.15, 0.2) is 11.6 Å². The first-order valence-electron chi connectivity index (χ1n) is 18.3. The number of ketones is 2. The predicted molar refractivity (Wildman–Crippen MR) is 318 cm³/mol. The van der Waals surface area contributed by atoms with Crippen LogP contribution in [0.15, 0.2) is 84.8 Å². The van der Waals surface area contributed by atoms with Crippen molar-refractivity contribution in [3.8, 4) is 0 Å². The summed E-state index contributed by atoms with van der Waals surface area (Å²) in [7, 11) is 25.7. The third-order valence-corrected chi connectivity index (χ3v) is 14.8. The second-order valence-electron chi connectivity index (χ2n) is 9.36. The van der Waals surface area contributed by atoms with E-state index in [0.29, 0.717) is 11.3 Å². The lowest BCUT2D eigenvalue weighted by atomic mass is 8.76. The van der Waals surface area contributed by atoms with E-state index in [2.05, 4.69) is 156 Å². The highest BCUT2D eigenvalue weighted by Gasteiger charge is 2.10. The second kappa shape index (κ2) is 61.8. The molecular weight excluding hydrogens is 1240 g/mol. The van der Waals surface area contributed by atoms with Crippen LogP contribution in [0.2, 0.25) is 0 Å². The van der Waals surface area contributed by atoms with Crippen molar-refractivity contribution in [2.75, 3.05) is 27.2 Å². The minimum absolute atomic E-state index is 0. The van der Waals surface area contributed by atoms with Crippen LogP contribution in [-0.2, 0) is 0 Å². The zero-order valence-electron chi connectivity index (χ0n) is 36.7. The van der Waals surface area contributed by atoms with Crippen LogP contribution < -0.4 is 5.73 Å². The number of rotatable bonds is 9. The van der Waals surface area contributed by atoms with E-state index in [1.165, 1.54) is 41.1 Å². The number of halogens is 6. The lowest BCUT2D eigenvalue weighted by Crippen LogP contribution is -2.43. The van der Waals surface area contributed by atoms with Crippen LogP contribution in [0.1, 0.15) is 133 Å². The summed E-state index contributed by atoms with van der Waals surface area (Å²) in [5.74, 6) is -0.589. The van der Waals surface area contributed by atoms with Crippen molar-refractivity contribution < 1.29 is 19.5 Å². The zero-order valence-corrected chi connectivity index (χ0v) is 48.7. The SMILES string of the molecule is C.C.C.C=C=C=C=C=C=C.CC.CC.CC.CC.CC(=O)c1cc(Br)c(Br)s1.CCC(=O)c1cc(Br)c(Br)s1.CN(C)CCCN.O=C(O)c1cc(Br)c(Br)s1.[B][B]B([B])B([B])[B]. The molecule has 0 amide bonds. The van der Waals surface area contributed by atoms with Crippen LogP contribution in [0.3, 0.4) is 0 Å². The Labute approximate surface area is 454 Å². The first-order valence-corrected chi connectivity index (χ1v) is 25.5. The molecule has 0 saturated carbocycles. The summed E-state index contributed by atoms with van der Waals surface area (Å²) in [6.07, 6.45) is 0.747. The van der Waals surface area contributed by atoms with E-state index >= 15 is 0 Å².